The van der Waals surface area contributed by atoms with Gasteiger partial charge in [0.25, 0.3) is 0 Å². The van der Waals surface area contributed by atoms with Gasteiger partial charge in [-0.25, -0.2) is 0 Å². The van der Waals surface area contributed by atoms with E-state index in [1.54, 1.807) is 12.1 Å². The molecule has 1 aromatic carbocycles. The third-order valence-corrected chi connectivity index (χ3v) is 3.06. The summed E-state index contributed by atoms with van der Waals surface area (Å²) in [4.78, 5) is 0. The van der Waals surface area contributed by atoms with Crippen molar-refractivity contribution in [3.05, 3.63) is 34.3 Å². The highest BCUT2D eigenvalue weighted by atomic mass is 35.5. The number of halogens is 1. The SMILES string of the molecule is C[C@@H](Oc1cccc(Cl)c1)c1nnc(N)s1. The lowest BCUT2D eigenvalue weighted by Gasteiger charge is -2.11. The summed E-state index contributed by atoms with van der Waals surface area (Å²) in [5.41, 5.74) is 5.50. The lowest BCUT2D eigenvalue weighted by atomic mass is 10.3. The summed E-state index contributed by atoms with van der Waals surface area (Å²) >= 11 is 7.17. The highest BCUT2D eigenvalue weighted by Crippen LogP contribution is 2.26. The lowest BCUT2D eigenvalue weighted by molar-refractivity contribution is 0.225. The molecule has 2 N–H and O–H groups in total. The van der Waals surface area contributed by atoms with Crippen molar-refractivity contribution >= 4 is 28.1 Å². The fourth-order valence-corrected chi connectivity index (χ4v) is 1.98. The van der Waals surface area contributed by atoms with Gasteiger partial charge in [0.1, 0.15) is 11.9 Å². The van der Waals surface area contributed by atoms with Gasteiger partial charge in [-0.1, -0.05) is 29.0 Å². The van der Waals surface area contributed by atoms with Crippen LogP contribution < -0.4 is 10.5 Å². The summed E-state index contributed by atoms with van der Waals surface area (Å²) in [6.45, 7) is 1.89. The summed E-state index contributed by atoms with van der Waals surface area (Å²) in [5, 5.41) is 9.49. The van der Waals surface area contributed by atoms with Crippen LogP contribution in [0, 0.1) is 0 Å². The first-order chi connectivity index (χ1) is 7.65. The fourth-order valence-electron chi connectivity index (χ4n) is 1.21. The Balaban J connectivity index is 2.10. The van der Waals surface area contributed by atoms with E-state index in [1.165, 1.54) is 11.3 Å². The Bertz CT molecular complexity index is 488. The molecule has 0 aliphatic rings. The average molecular weight is 256 g/mol. The van der Waals surface area contributed by atoms with E-state index in [1.807, 2.05) is 19.1 Å². The Morgan fingerprint density at radius 1 is 1.44 bits per heavy atom. The summed E-state index contributed by atoms with van der Waals surface area (Å²) in [7, 11) is 0. The number of hydrogen-bond donors (Lipinski definition) is 1. The number of anilines is 1. The van der Waals surface area contributed by atoms with Gasteiger partial charge in [-0.2, -0.15) is 0 Å². The van der Waals surface area contributed by atoms with Crippen LogP contribution >= 0.6 is 22.9 Å². The number of nitrogen functional groups attached to an aromatic ring is 1. The Labute approximate surface area is 102 Å². The Hall–Kier alpha value is -1.33. The van der Waals surface area contributed by atoms with E-state index in [4.69, 9.17) is 22.1 Å². The van der Waals surface area contributed by atoms with Gasteiger partial charge in [0, 0.05) is 5.02 Å². The van der Waals surface area contributed by atoms with Crippen LogP contribution in [0.2, 0.25) is 5.02 Å². The van der Waals surface area contributed by atoms with Gasteiger partial charge in [-0.15, -0.1) is 10.2 Å². The van der Waals surface area contributed by atoms with E-state index >= 15 is 0 Å². The molecule has 0 aliphatic heterocycles. The van der Waals surface area contributed by atoms with Crippen LogP contribution in [0.5, 0.6) is 5.75 Å². The number of benzene rings is 1. The molecule has 2 aromatic rings. The van der Waals surface area contributed by atoms with Crippen LogP contribution in [0.25, 0.3) is 0 Å². The van der Waals surface area contributed by atoms with Gasteiger partial charge in [0.05, 0.1) is 0 Å². The first-order valence-corrected chi connectivity index (χ1v) is 5.85. The minimum absolute atomic E-state index is 0.187. The Kier molecular flexibility index (Phi) is 3.26. The van der Waals surface area contributed by atoms with Crippen LogP contribution in [0.3, 0.4) is 0 Å². The highest BCUT2D eigenvalue weighted by molar-refractivity contribution is 7.15. The zero-order chi connectivity index (χ0) is 11.5. The van der Waals surface area contributed by atoms with Crippen LogP contribution in [0.4, 0.5) is 5.13 Å². The number of nitrogens with two attached hydrogens (primary N) is 1. The molecule has 0 radical (unpaired) electrons. The van der Waals surface area contributed by atoms with E-state index in [-0.39, 0.29) is 6.10 Å². The van der Waals surface area contributed by atoms with Crippen molar-refractivity contribution < 1.29 is 4.74 Å². The Morgan fingerprint density at radius 3 is 2.88 bits per heavy atom. The fraction of sp³-hybridized carbons (Fsp3) is 0.200. The molecular weight excluding hydrogens is 246 g/mol. The molecule has 1 aromatic heterocycles. The van der Waals surface area contributed by atoms with Crippen molar-refractivity contribution in [2.75, 3.05) is 5.73 Å². The largest absolute Gasteiger partial charge is 0.483 e. The molecule has 0 aliphatic carbocycles. The lowest BCUT2D eigenvalue weighted by Crippen LogP contribution is -2.02. The summed E-state index contributed by atoms with van der Waals surface area (Å²) in [5.74, 6) is 0.703. The number of hydrogen-bond acceptors (Lipinski definition) is 5. The molecule has 0 saturated heterocycles. The van der Waals surface area contributed by atoms with Gasteiger partial charge in [0.2, 0.25) is 5.13 Å². The van der Waals surface area contributed by atoms with Crippen LogP contribution in [0.15, 0.2) is 24.3 Å². The zero-order valence-electron chi connectivity index (χ0n) is 8.55. The molecule has 4 nitrogen and oxygen atoms in total. The molecule has 1 heterocycles. The van der Waals surface area contributed by atoms with Crippen molar-refractivity contribution in [1.82, 2.24) is 10.2 Å². The second kappa shape index (κ2) is 4.67. The van der Waals surface area contributed by atoms with Gasteiger partial charge < -0.3 is 10.5 Å². The minimum atomic E-state index is -0.187. The van der Waals surface area contributed by atoms with E-state index in [0.717, 1.165) is 5.01 Å². The van der Waals surface area contributed by atoms with Crippen molar-refractivity contribution in [2.24, 2.45) is 0 Å². The standard InChI is InChI=1S/C10H10ClN3OS/c1-6(9-13-14-10(12)16-9)15-8-4-2-3-7(11)5-8/h2-6H,1H3,(H2,12,14)/t6-/m1/s1. The molecule has 0 amide bonds. The molecule has 1 atom stereocenters. The van der Waals surface area contributed by atoms with Crippen molar-refractivity contribution in [2.45, 2.75) is 13.0 Å². The van der Waals surface area contributed by atoms with E-state index in [0.29, 0.717) is 15.9 Å². The average Bonchev–Trinajstić information content (AvgIpc) is 2.65. The van der Waals surface area contributed by atoms with Crippen LogP contribution in [-0.4, -0.2) is 10.2 Å². The normalized spacial score (nSPS) is 12.4. The summed E-state index contributed by atoms with van der Waals surface area (Å²) in [6.07, 6.45) is -0.187. The third kappa shape index (κ3) is 2.62. The molecule has 2 rings (SSSR count). The van der Waals surface area contributed by atoms with Gasteiger partial charge in [-0.05, 0) is 25.1 Å². The molecule has 0 fully saturated rings. The quantitative estimate of drug-likeness (QED) is 0.916. The second-order valence-electron chi connectivity index (χ2n) is 3.20. The van der Waals surface area contributed by atoms with E-state index < -0.39 is 0 Å². The maximum Gasteiger partial charge on any atom is 0.203 e. The van der Waals surface area contributed by atoms with E-state index in [9.17, 15) is 0 Å². The molecular formula is C10H10ClN3OS. The monoisotopic (exact) mass is 255 g/mol. The van der Waals surface area contributed by atoms with Gasteiger partial charge in [0.15, 0.2) is 5.01 Å². The topological polar surface area (TPSA) is 61.0 Å². The molecule has 84 valence electrons. The smallest absolute Gasteiger partial charge is 0.203 e. The van der Waals surface area contributed by atoms with E-state index in [2.05, 4.69) is 10.2 Å². The molecule has 0 unspecified atom stereocenters. The predicted molar refractivity (Wildman–Crippen MR) is 64.8 cm³/mol. The molecule has 0 spiro atoms. The highest BCUT2D eigenvalue weighted by Gasteiger charge is 2.12. The van der Waals surface area contributed by atoms with Crippen molar-refractivity contribution in [1.29, 1.82) is 0 Å². The number of nitrogens with zero attached hydrogens (tertiary/aromatic N) is 2. The molecule has 0 saturated carbocycles. The second-order valence-corrected chi connectivity index (χ2v) is 4.67. The van der Waals surface area contributed by atoms with Gasteiger partial charge in [-0.3, -0.25) is 0 Å². The maximum atomic E-state index is 5.85. The molecule has 6 heteroatoms. The van der Waals surface area contributed by atoms with Crippen molar-refractivity contribution in [3.8, 4) is 5.75 Å². The zero-order valence-corrected chi connectivity index (χ0v) is 10.1. The predicted octanol–water partition coefficient (Wildman–Crippen LogP) is 2.91. The minimum Gasteiger partial charge on any atom is -0.483 e. The van der Waals surface area contributed by atoms with Crippen LogP contribution in [-0.2, 0) is 0 Å². The van der Waals surface area contributed by atoms with Gasteiger partial charge >= 0.3 is 0 Å². The maximum absolute atomic E-state index is 5.85. The first kappa shape index (κ1) is 11.2. The first-order valence-electron chi connectivity index (χ1n) is 4.66. The molecule has 16 heavy (non-hydrogen) atoms. The summed E-state index contributed by atoms with van der Waals surface area (Å²) < 4.78 is 5.66. The number of ether oxygens (including phenoxy) is 1. The van der Waals surface area contributed by atoms with Crippen LogP contribution in [0.1, 0.15) is 18.0 Å². The Morgan fingerprint density at radius 2 is 2.25 bits per heavy atom. The van der Waals surface area contributed by atoms with Crippen molar-refractivity contribution in [3.63, 3.8) is 0 Å². The number of rotatable bonds is 3. The molecule has 0 bridgehead atoms. The summed E-state index contributed by atoms with van der Waals surface area (Å²) in [6, 6.07) is 7.22. The number of aromatic nitrogens is 2. The third-order valence-electron chi connectivity index (χ3n) is 1.91.